The van der Waals surface area contributed by atoms with Gasteiger partial charge in [-0.05, 0) is 31.0 Å². The lowest BCUT2D eigenvalue weighted by Crippen LogP contribution is -2.37. The number of benzene rings is 1. The number of carbonyl (C=O) groups is 3. The molecule has 2 saturated heterocycles. The van der Waals surface area contributed by atoms with Crippen molar-refractivity contribution >= 4 is 17.7 Å². The highest BCUT2D eigenvalue weighted by molar-refractivity contribution is 6.07. The fourth-order valence-corrected chi connectivity index (χ4v) is 3.66. The van der Waals surface area contributed by atoms with Crippen molar-refractivity contribution < 1.29 is 23.9 Å². The SMILES string of the molecule is Cc1cc2c(cc1C(=O)N1CC[C@@]3(CC(=O)NC3=O)C1)OCCO2. The molecule has 0 unspecified atom stereocenters. The van der Waals surface area contributed by atoms with Gasteiger partial charge in [0.25, 0.3) is 5.91 Å². The first kappa shape index (κ1) is 15.0. The Kier molecular flexibility index (Phi) is 3.26. The minimum atomic E-state index is -0.755. The maximum absolute atomic E-state index is 12.9. The zero-order valence-corrected chi connectivity index (χ0v) is 13.4. The van der Waals surface area contributed by atoms with Crippen LogP contribution in [0.4, 0.5) is 0 Å². The van der Waals surface area contributed by atoms with Crippen molar-refractivity contribution in [2.75, 3.05) is 26.3 Å². The standard InChI is InChI=1S/C17H18N2O5/c1-10-6-12-13(24-5-4-23-12)7-11(10)15(21)19-3-2-17(9-19)8-14(20)18-16(17)22/h6-7H,2-5,8-9H2,1H3,(H,18,20,22)/t17-/m1/s1. The first-order valence-corrected chi connectivity index (χ1v) is 8.02. The molecule has 7 nitrogen and oxygen atoms in total. The number of imide groups is 1. The molecular weight excluding hydrogens is 312 g/mol. The lowest BCUT2D eigenvalue weighted by atomic mass is 9.85. The average Bonchev–Trinajstić information content (AvgIpc) is 3.10. The van der Waals surface area contributed by atoms with Crippen LogP contribution >= 0.6 is 0 Å². The molecular formula is C17H18N2O5. The highest BCUT2D eigenvalue weighted by Gasteiger charge is 2.51. The third kappa shape index (κ3) is 2.23. The topological polar surface area (TPSA) is 84.9 Å². The molecule has 0 aliphatic carbocycles. The third-order valence-corrected chi connectivity index (χ3v) is 4.99. The number of fused-ring (bicyclic) bond motifs is 1. The van der Waals surface area contributed by atoms with Crippen LogP contribution in [0.15, 0.2) is 12.1 Å². The second-order valence-electron chi connectivity index (χ2n) is 6.62. The van der Waals surface area contributed by atoms with Crippen LogP contribution in [-0.2, 0) is 9.59 Å². The lowest BCUT2D eigenvalue weighted by molar-refractivity contribution is -0.128. The molecule has 1 atom stereocenters. The van der Waals surface area contributed by atoms with Gasteiger partial charge in [-0.25, -0.2) is 0 Å². The number of carbonyl (C=O) groups excluding carboxylic acids is 3. The molecule has 0 bridgehead atoms. The number of hydrogen-bond donors (Lipinski definition) is 1. The van der Waals surface area contributed by atoms with Gasteiger partial charge in [0.15, 0.2) is 11.5 Å². The Labute approximate surface area is 138 Å². The molecule has 24 heavy (non-hydrogen) atoms. The molecule has 3 aliphatic rings. The maximum Gasteiger partial charge on any atom is 0.254 e. The van der Waals surface area contributed by atoms with Gasteiger partial charge in [-0.1, -0.05) is 0 Å². The van der Waals surface area contributed by atoms with Gasteiger partial charge in [0.2, 0.25) is 11.8 Å². The number of rotatable bonds is 1. The van der Waals surface area contributed by atoms with E-state index in [0.29, 0.717) is 43.2 Å². The molecule has 3 amide bonds. The molecule has 1 aromatic rings. The monoisotopic (exact) mass is 330 g/mol. The molecule has 1 spiro atoms. The lowest BCUT2D eigenvalue weighted by Gasteiger charge is -2.23. The van der Waals surface area contributed by atoms with Crippen molar-refractivity contribution in [1.29, 1.82) is 0 Å². The largest absolute Gasteiger partial charge is 0.486 e. The van der Waals surface area contributed by atoms with Gasteiger partial charge in [-0.15, -0.1) is 0 Å². The summed E-state index contributed by atoms with van der Waals surface area (Å²) in [7, 11) is 0. The Morgan fingerprint density at radius 2 is 1.92 bits per heavy atom. The van der Waals surface area contributed by atoms with Crippen molar-refractivity contribution in [3.8, 4) is 11.5 Å². The molecule has 3 heterocycles. The Hall–Kier alpha value is -2.57. The Bertz CT molecular complexity index is 760. The minimum absolute atomic E-state index is 0.145. The number of aryl methyl sites for hydroxylation is 1. The summed E-state index contributed by atoms with van der Waals surface area (Å²) in [6, 6.07) is 3.51. The van der Waals surface area contributed by atoms with Crippen LogP contribution in [0.5, 0.6) is 11.5 Å². The molecule has 2 fully saturated rings. The van der Waals surface area contributed by atoms with Crippen molar-refractivity contribution in [3.63, 3.8) is 0 Å². The van der Waals surface area contributed by atoms with E-state index in [-0.39, 0.29) is 30.7 Å². The molecule has 7 heteroatoms. The van der Waals surface area contributed by atoms with Gasteiger partial charge in [0.1, 0.15) is 13.2 Å². The van der Waals surface area contributed by atoms with E-state index >= 15 is 0 Å². The van der Waals surface area contributed by atoms with Crippen LogP contribution in [0.25, 0.3) is 0 Å². The Morgan fingerprint density at radius 1 is 1.21 bits per heavy atom. The fraction of sp³-hybridized carbons (Fsp3) is 0.471. The summed E-state index contributed by atoms with van der Waals surface area (Å²) in [5.74, 6) is 0.548. The van der Waals surface area contributed by atoms with Crippen molar-refractivity contribution in [2.24, 2.45) is 5.41 Å². The quantitative estimate of drug-likeness (QED) is 0.764. The summed E-state index contributed by atoms with van der Waals surface area (Å²) >= 11 is 0. The predicted octanol–water partition coefficient (Wildman–Crippen LogP) is 0.645. The van der Waals surface area contributed by atoms with Gasteiger partial charge in [-0.3, -0.25) is 19.7 Å². The van der Waals surface area contributed by atoms with Crippen molar-refractivity contribution in [1.82, 2.24) is 10.2 Å². The van der Waals surface area contributed by atoms with Gasteiger partial charge in [0.05, 0.1) is 5.41 Å². The highest BCUT2D eigenvalue weighted by atomic mass is 16.6. The number of ether oxygens (including phenoxy) is 2. The van der Waals surface area contributed by atoms with Crippen LogP contribution in [0.2, 0.25) is 0 Å². The van der Waals surface area contributed by atoms with Crippen LogP contribution in [-0.4, -0.2) is 48.9 Å². The van der Waals surface area contributed by atoms with Crippen LogP contribution < -0.4 is 14.8 Å². The molecule has 0 saturated carbocycles. The molecule has 3 aliphatic heterocycles. The van der Waals surface area contributed by atoms with E-state index in [4.69, 9.17) is 9.47 Å². The van der Waals surface area contributed by atoms with E-state index in [0.717, 1.165) is 5.56 Å². The van der Waals surface area contributed by atoms with Crippen LogP contribution in [0.1, 0.15) is 28.8 Å². The van der Waals surface area contributed by atoms with Crippen molar-refractivity contribution in [2.45, 2.75) is 19.8 Å². The molecule has 1 N–H and O–H groups in total. The van der Waals surface area contributed by atoms with E-state index in [2.05, 4.69) is 5.32 Å². The first-order chi connectivity index (χ1) is 11.5. The minimum Gasteiger partial charge on any atom is -0.486 e. The van der Waals surface area contributed by atoms with E-state index in [9.17, 15) is 14.4 Å². The molecule has 0 aromatic heterocycles. The molecule has 126 valence electrons. The predicted molar refractivity (Wildman–Crippen MR) is 82.9 cm³/mol. The summed E-state index contributed by atoms with van der Waals surface area (Å²) in [5, 5.41) is 2.35. The van der Waals surface area contributed by atoms with Gasteiger partial charge in [0, 0.05) is 25.1 Å². The van der Waals surface area contributed by atoms with Crippen LogP contribution in [0.3, 0.4) is 0 Å². The molecule has 0 radical (unpaired) electrons. The van der Waals surface area contributed by atoms with Crippen molar-refractivity contribution in [3.05, 3.63) is 23.3 Å². The third-order valence-electron chi connectivity index (χ3n) is 4.99. The fourth-order valence-electron chi connectivity index (χ4n) is 3.66. The second kappa shape index (κ2) is 5.22. The zero-order valence-electron chi connectivity index (χ0n) is 13.4. The maximum atomic E-state index is 12.9. The summed E-state index contributed by atoms with van der Waals surface area (Å²) in [6.45, 7) is 3.55. The first-order valence-electron chi connectivity index (χ1n) is 8.02. The van der Waals surface area contributed by atoms with E-state index < -0.39 is 5.41 Å². The Balaban J connectivity index is 1.59. The van der Waals surface area contributed by atoms with E-state index in [1.807, 2.05) is 6.92 Å². The number of hydrogen-bond acceptors (Lipinski definition) is 5. The zero-order chi connectivity index (χ0) is 16.9. The van der Waals surface area contributed by atoms with E-state index in [1.54, 1.807) is 17.0 Å². The molecule has 4 rings (SSSR count). The summed E-state index contributed by atoms with van der Waals surface area (Å²) in [5.41, 5.74) is 0.590. The smallest absolute Gasteiger partial charge is 0.254 e. The van der Waals surface area contributed by atoms with Crippen LogP contribution in [0, 0.1) is 12.3 Å². The number of amides is 3. The summed E-state index contributed by atoms with van der Waals surface area (Å²) in [4.78, 5) is 38.1. The normalized spacial score (nSPS) is 25.3. The van der Waals surface area contributed by atoms with Gasteiger partial charge in [-0.2, -0.15) is 0 Å². The Morgan fingerprint density at radius 3 is 2.58 bits per heavy atom. The average molecular weight is 330 g/mol. The van der Waals surface area contributed by atoms with E-state index in [1.165, 1.54) is 0 Å². The summed E-state index contributed by atoms with van der Waals surface area (Å²) < 4.78 is 11.1. The second-order valence-corrected chi connectivity index (χ2v) is 6.62. The van der Waals surface area contributed by atoms with Gasteiger partial charge >= 0.3 is 0 Å². The number of nitrogens with one attached hydrogen (secondary N) is 1. The summed E-state index contributed by atoms with van der Waals surface area (Å²) in [6.07, 6.45) is 0.676. The number of likely N-dealkylation sites (tertiary alicyclic amines) is 1. The number of nitrogens with zero attached hydrogens (tertiary/aromatic N) is 1. The van der Waals surface area contributed by atoms with Gasteiger partial charge < -0.3 is 14.4 Å². The highest BCUT2D eigenvalue weighted by Crippen LogP contribution is 2.39. The molecule has 1 aromatic carbocycles.